The highest BCUT2D eigenvalue weighted by atomic mass is 16.6. The minimum atomic E-state index is 0.664. The Morgan fingerprint density at radius 1 is 1.19 bits per heavy atom. The lowest BCUT2D eigenvalue weighted by Gasteiger charge is -2.22. The lowest BCUT2D eigenvalue weighted by Crippen LogP contribution is -2.21. The molecular weight excluding hydrogens is 200 g/mol. The summed E-state index contributed by atoms with van der Waals surface area (Å²) in [7, 11) is 0. The van der Waals surface area contributed by atoms with Gasteiger partial charge in [0.25, 0.3) is 0 Å². The van der Waals surface area contributed by atoms with E-state index in [2.05, 4.69) is 49.4 Å². The smallest absolute Gasteiger partial charge is 0.0717 e. The van der Waals surface area contributed by atoms with Crippen molar-refractivity contribution in [2.24, 2.45) is 0 Å². The monoisotopic (exact) mass is 222 g/mol. The van der Waals surface area contributed by atoms with Crippen LogP contribution in [0.2, 0.25) is 0 Å². The van der Waals surface area contributed by atoms with E-state index < -0.39 is 0 Å². The number of nitrogens with zero attached hydrogens (tertiary/aromatic N) is 1. The van der Waals surface area contributed by atoms with Gasteiger partial charge in [-0.05, 0) is 51.5 Å². The minimum absolute atomic E-state index is 0.664. The summed E-state index contributed by atoms with van der Waals surface area (Å²) in [5.74, 6) is 0. The number of hydrogen-bond acceptors (Lipinski definition) is 3. The molecule has 0 saturated carbocycles. The van der Waals surface area contributed by atoms with E-state index in [-0.39, 0.29) is 0 Å². The van der Waals surface area contributed by atoms with Crippen LogP contribution in [0.3, 0.4) is 0 Å². The molecule has 0 fully saturated rings. The van der Waals surface area contributed by atoms with E-state index in [4.69, 9.17) is 4.84 Å². The van der Waals surface area contributed by atoms with Crippen LogP contribution in [0.15, 0.2) is 18.2 Å². The van der Waals surface area contributed by atoms with Crippen molar-refractivity contribution >= 4 is 11.4 Å². The molecule has 1 N–H and O–H groups in total. The molecule has 0 radical (unpaired) electrons. The molecule has 3 nitrogen and oxygen atoms in total. The minimum Gasteiger partial charge on any atom is -0.372 e. The molecule has 3 heteroatoms. The summed E-state index contributed by atoms with van der Waals surface area (Å²) in [5, 5.41) is 0. The van der Waals surface area contributed by atoms with Crippen LogP contribution in [0.4, 0.5) is 11.4 Å². The molecule has 0 aliphatic rings. The third-order valence-corrected chi connectivity index (χ3v) is 2.67. The van der Waals surface area contributed by atoms with Gasteiger partial charge in [-0.1, -0.05) is 0 Å². The van der Waals surface area contributed by atoms with Crippen LogP contribution in [0.1, 0.15) is 26.3 Å². The predicted molar refractivity (Wildman–Crippen MR) is 70.0 cm³/mol. The summed E-state index contributed by atoms with van der Waals surface area (Å²) in [6, 6.07) is 6.38. The van der Waals surface area contributed by atoms with Gasteiger partial charge >= 0.3 is 0 Å². The third-order valence-electron chi connectivity index (χ3n) is 2.67. The Bertz CT molecular complexity index is 322. The molecular formula is C13H22N2O. The van der Waals surface area contributed by atoms with Crippen molar-refractivity contribution in [3.8, 4) is 0 Å². The van der Waals surface area contributed by atoms with E-state index in [1.165, 1.54) is 11.3 Å². The molecule has 0 bridgehead atoms. The maximum absolute atomic E-state index is 5.19. The average Bonchev–Trinajstić information content (AvgIpc) is 2.29. The van der Waals surface area contributed by atoms with Crippen LogP contribution in [-0.2, 0) is 4.84 Å². The van der Waals surface area contributed by atoms with Crippen molar-refractivity contribution in [1.29, 1.82) is 0 Å². The second kappa shape index (κ2) is 6.38. The average molecular weight is 222 g/mol. The van der Waals surface area contributed by atoms with Crippen LogP contribution < -0.4 is 10.4 Å². The highest BCUT2D eigenvalue weighted by molar-refractivity contribution is 5.59. The summed E-state index contributed by atoms with van der Waals surface area (Å²) < 4.78 is 0. The maximum Gasteiger partial charge on any atom is 0.0717 e. The number of aryl methyl sites for hydroxylation is 1. The van der Waals surface area contributed by atoms with Crippen molar-refractivity contribution in [3.63, 3.8) is 0 Å². The maximum atomic E-state index is 5.19. The highest BCUT2D eigenvalue weighted by Gasteiger charge is 2.04. The molecule has 0 spiro atoms. The van der Waals surface area contributed by atoms with Crippen LogP contribution in [-0.4, -0.2) is 19.7 Å². The Kier molecular flexibility index (Phi) is 5.12. The summed E-state index contributed by atoms with van der Waals surface area (Å²) in [6.45, 7) is 11.1. The zero-order valence-electron chi connectivity index (χ0n) is 10.7. The first-order chi connectivity index (χ1) is 7.72. The highest BCUT2D eigenvalue weighted by Crippen LogP contribution is 2.22. The Labute approximate surface area is 98.4 Å². The molecule has 16 heavy (non-hydrogen) atoms. The second-order valence-corrected chi connectivity index (χ2v) is 3.71. The molecule has 1 aromatic carbocycles. The fraction of sp³-hybridized carbons (Fsp3) is 0.538. The van der Waals surface area contributed by atoms with Gasteiger partial charge in [-0.25, -0.2) is 0 Å². The second-order valence-electron chi connectivity index (χ2n) is 3.71. The van der Waals surface area contributed by atoms with Gasteiger partial charge in [0.2, 0.25) is 0 Å². The quantitative estimate of drug-likeness (QED) is 0.748. The van der Waals surface area contributed by atoms with Gasteiger partial charge < -0.3 is 4.90 Å². The molecule has 0 saturated heterocycles. The molecule has 0 amide bonds. The Morgan fingerprint density at radius 3 is 2.38 bits per heavy atom. The molecule has 0 unspecified atom stereocenters. The van der Waals surface area contributed by atoms with Crippen molar-refractivity contribution in [1.82, 2.24) is 0 Å². The van der Waals surface area contributed by atoms with E-state index in [1.54, 1.807) is 0 Å². The summed E-state index contributed by atoms with van der Waals surface area (Å²) in [6.07, 6.45) is 0. The van der Waals surface area contributed by atoms with E-state index in [1.807, 2.05) is 6.92 Å². The summed E-state index contributed by atoms with van der Waals surface area (Å²) in [4.78, 5) is 7.52. The SMILES string of the molecule is CCONc1ccc(N(CC)CC)cc1C. The summed E-state index contributed by atoms with van der Waals surface area (Å²) in [5.41, 5.74) is 6.46. The lowest BCUT2D eigenvalue weighted by molar-refractivity contribution is 0.210. The van der Waals surface area contributed by atoms with Gasteiger partial charge in [0.1, 0.15) is 0 Å². The number of anilines is 2. The topological polar surface area (TPSA) is 24.5 Å². The van der Waals surface area contributed by atoms with Gasteiger partial charge in [0.05, 0.1) is 12.3 Å². The van der Waals surface area contributed by atoms with Crippen LogP contribution >= 0.6 is 0 Å². The first-order valence-electron chi connectivity index (χ1n) is 5.96. The Balaban J connectivity index is 2.81. The molecule has 0 aliphatic carbocycles. The van der Waals surface area contributed by atoms with Crippen molar-refractivity contribution < 1.29 is 4.84 Å². The number of hydrogen-bond donors (Lipinski definition) is 1. The molecule has 0 aromatic heterocycles. The fourth-order valence-corrected chi connectivity index (χ4v) is 1.70. The van der Waals surface area contributed by atoms with Gasteiger partial charge in [0, 0.05) is 18.8 Å². The van der Waals surface area contributed by atoms with E-state index in [0.717, 1.165) is 18.8 Å². The zero-order chi connectivity index (χ0) is 12.0. The molecule has 1 aromatic rings. The molecule has 1 rings (SSSR count). The number of rotatable bonds is 6. The molecule has 0 aliphatic heterocycles. The lowest BCUT2D eigenvalue weighted by atomic mass is 10.1. The molecule has 90 valence electrons. The zero-order valence-corrected chi connectivity index (χ0v) is 10.7. The van der Waals surface area contributed by atoms with E-state index in [9.17, 15) is 0 Å². The first-order valence-corrected chi connectivity index (χ1v) is 5.96. The first kappa shape index (κ1) is 12.8. The normalized spacial score (nSPS) is 10.2. The van der Waals surface area contributed by atoms with Gasteiger partial charge in [-0.3, -0.25) is 10.3 Å². The van der Waals surface area contributed by atoms with Gasteiger partial charge in [-0.2, -0.15) is 0 Å². The van der Waals surface area contributed by atoms with Crippen molar-refractivity contribution in [2.75, 3.05) is 30.1 Å². The van der Waals surface area contributed by atoms with E-state index >= 15 is 0 Å². The van der Waals surface area contributed by atoms with E-state index in [0.29, 0.717) is 6.61 Å². The van der Waals surface area contributed by atoms with Crippen molar-refractivity contribution in [3.05, 3.63) is 23.8 Å². The molecule has 0 heterocycles. The van der Waals surface area contributed by atoms with Gasteiger partial charge in [0.15, 0.2) is 0 Å². The van der Waals surface area contributed by atoms with Crippen molar-refractivity contribution in [2.45, 2.75) is 27.7 Å². The Hall–Kier alpha value is -1.22. The largest absolute Gasteiger partial charge is 0.372 e. The van der Waals surface area contributed by atoms with Gasteiger partial charge in [-0.15, -0.1) is 0 Å². The Morgan fingerprint density at radius 2 is 1.88 bits per heavy atom. The predicted octanol–water partition coefficient (Wildman–Crippen LogP) is 3.20. The van der Waals surface area contributed by atoms with Crippen LogP contribution in [0, 0.1) is 6.92 Å². The fourth-order valence-electron chi connectivity index (χ4n) is 1.70. The standard InChI is InChI=1S/C13H22N2O/c1-5-15(6-2)12-8-9-13(11(4)10-12)14-16-7-3/h8-10,14H,5-7H2,1-4H3. The number of benzene rings is 1. The molecule has 0 atom stereocenters. The van der Waals surface area contributed by atoms with Crippen LogP contribution in [0.5, 0.6) is 0 Å². The number of nitrogens with one attached hydrogen (secondary N) is 1. The third kappa shape index (κ3) is 3.14. The van der Waals surface area contributed by atoms with Crippen LogP contribution in [0.25, 0.3) is 0 Å². The summed E-state index contributed by atoms with van der Waals surface area (Å²) >= 11 is 0.